The molecule has 0 fully saturated rings. The van der Waals surface area contributed by atoms with Crippen LogP contribution >= 0.6 is 22.7 Å². The van der Waals surface area contributed by atoms with Crippen LogP contribution in [0.15, 0.2) is 215 Å². The molecule has 0 atom stereocenters. The van der Waals surface area contributed by atoms with Crippen LogP contribution in [-0.4, -0.2) is 18.0 Å². The van der Waals surface area contributed by atoms with Crippen LogP contribution in [0.25, 0.3) is 106 Å². The molecule has 0 amide bonds. The first-order chi connectivity index (χ1) is 32.2. The van der Waals surface area contributed by atoms with E-state index in [4.69, 9.17) is 18.8 Å². The van der Waals surface area contributed by atoms with Crippen LogP contribution in [-0.2, 0) is 0 Å². The highest BCUT2D eigenvalue weighted by Crippen LogP contribution is 2.43. The van der Waals surface area contributed by atoms with Crippen molar-refractivity contribution in [2.45, 2.75) is 0 Å². The maximum absolute atomic E-state index is 7.10. The minimum atomic E-state index is -3.34. The van der Waals surface area contributed by atoms with Crippen molar-refractivity contribution in [3.8, 4) is 22.3 Å². The van der Waals surface area contributed by atoms with Crippen LogP contribution in [0.2, 0.25) is 0 Å². The molecule has 14 rings (SSSR count). The van der Waals surface area contributed by atoms with Crippen molar-refractivity contribution < 1.29 is 8.83 Å². The quantitative estimate of drug-likeness (QED) is 0.156. The van der Waals surface area contributed by atoms with E-state index < -0.39 is 8.07 Å². The topological polar surface area (TPSA) is 52.1 Å². The van der Waals surface area contributed by atoms with Gasteiger partial charge in [0.25, 0.3) is 0 Å². The van der Waals surface area contributed by atoms with Crippen molar-refractivity contribution in [2.24, 2.45) is 0 Å². The molecule has 65 heavy (non-hydrogen) atoms. The number of aromatic nitrogens is 2. The average Bonchev–Trinajstić information content (AvgIpc) is 4.15. The third kappa shape index (κ3) is 5.34. The van der Waals surface area contributed by atoms with Crippen molar-refractivity contribution in [1.29, 1.82) is 0 Å². The molecule has 304 valence electrons. The fourth-order valence-electron chi connectivity index (χ4n) is 10.4. The number of pyridine rings is 2. The Morgan fingerprint density at radius 3 is 1.74 bits per heavy atom. The van der Waals surface area contributed by atoms with Gasteiger partial charge in [-0.25, -0.2) is 0 Å². The van der Waals surface area contributed by atoms with Gasteiger partial charge in [0.1, 0.15) is 16.7 Å². The number of hydrogen-bond donors (Lipinski definition) is 0. The number of benzene rings is 8. The zero-order chi connectivity index (χ0) is 42.6. The van der Waals surface area contributed by atoms with Crippen LogP contribution < -0.4 is 21.0 Å². The largest absolute Gasteiger partial charge is 0.455 e. The lowest BCUT2D eigenvalue weighted by atomic mass is 10.0. The summed E-state index contributed by atoms with van der Waals surface area (Å²) < 4.78 is 18.6. The number of rotatable bonds is 6. The highest BCUT2D eigenvalue weighted by molar-refractivity contribution is 7.30. The van der Waals surface area contributed by atoms with Crippen LogP contribution in [0.3, 0.4) is 0 Å². The molecule has 14 aromatic rings. The zero-order valence-corrected chi connectivity index (χ0v) is 37.3. The molecule has 0 aliphatic carbocycles. The molecule has 7 heteroatoms. The van der Waals surface area contributed by atoms with Gasteiger partial charge in [-0.3, -0.25) is 9.97 Å². The monoisotopic (exact) mass is 882 g/mol. The first-order valence-electron chi connectivity index (χ1n) is 21.8. The summed E-state index contributed by atoms with van der Waals surface area (Å²) in [5.41, 5.74) is 7.96. The van der Waals surface area contributed by atoms with Gasteiger partial charge < -0.3 is 8.83 Å². The molecular weight excluding hydrogens is 849 g/mol. The van der Waals surface area contributed by atoms with Gasteiger partial charge in [-0.05, 0) is 75.6 Å². The smallest absolute Gasteiger partial charge is 0.230 e. The number of nitrogens with zero attached hydrogens (tertiary/aromatic N) is 2. The van der Waals surface area contributed by atoms with Crippen LogP contribution in [0, 0.1) is 0 Å². The number of fused-ring (bicyclic) bond motifs is 12. The van der Waals surface area contributed by atoms with Crippen molar-refractivity contribution in [3.63, 3.8) is 0 Å². The maximum atomic E-state index is 7.10. The number of thiophene rings is 2. The molecule has 0 N–H and O–H groups in total. The lowest BCUT2D eigenvalue weighted by Gasteiger charge is -2.32. The average molecular weight is 883 g/mol. The minimum absolute atomic E-state index is 0.791. The van der Waals surface area contributed by atoms with E-state index in [0.717, 1.165) is 65.6 Å². The third-order valence-electron chi connectivity index (χ3n) is 13.3. The van der Waals surface area contributed by atoms with E-state index in [9.17, 15) is 0 Å². The highest BCUT2D eigenvalue weighted by atomic mass is 32.1. The fraction of sp³-hybridized carbons (Fsp3) is 0. The first-order valence-corrected chi connectivity index (χ1v) is 25.4. The zero-order valence-electron chi connectivity index (χ0n) is 34.7. The highest BCUT2D eigenvalue weighted by Gasteiger charge is 2.48. The first kappa shape index (κ1) is 36.8. The number of furan rings is 2. The van der Waals surface area contributed by atoms with Gasteiger partial charge in [0.15, 0.2) is 5.58 Å². The lowest BCUT2D eigenvalue weighted by molar-refractivity contribution is 0.668. The van der Waals surface area contributed by atoms with Gasteiger partial charge in [0.05, 0.1) is 15.3 Å². The van der Waals surface area contributed by atoms with Crippen molar-refractivity contribution in [1.82, 2.24) is 9.97 Å². The molecular formula is C58H34N2O2S2Si. The summed E-state index contributed by atoms with van der Waals surface area (Å²) in [5.74, 6) is 0. The van der Waals surface area contributed by atoms with Crippen LogP contribution in [0.4, 0.5) is 0 Å². The molecule has 0 radical (unpaired) electrons. The molecule has 0 aliphatic rings. The summed E-state index contributed by atoms with van der Waals surface area (Å²) in [6.45, 7) is 0. The Labute approximate surface area is 381 Å². The van der Waals surface area contributed by atoms with Gasteiger partial charge in [-0.1, -0.05) is 146 Å². The van der Waals surface area contributed by atoms with Gasteiger partial charge in [0.2, 0.25) is 8.07 Å². The second-order valence-corrected chi connectivity index (χ2v) is 22.4. The standard InChI is InChI=1S/C58H34N2O2S2Si/c1-3-13-37(14-4-1)65(38-15-5-2-6-16-38,57-54-44(29-31-59-57)47-33-35(25-27-50(47)62-54)39-19-11-21-43-41-17-7-9-23-49(41)61-53(39)43)58-56-46(30-32-60-58)48-34-36(26-28-52(48)64-56)40-20-12-22-45-42-18-8-10-24-51(42)63-55(40)45/h1-34H. The molecule has 0 unspecified atom stereocenters. The number of hydrogen-bond acceptors (Lipinski definition) is 6. The molecule has 4 nitrogen and oxygen atoms in total. The summed E-state index contributed by atoms with van der Waals surface area (Å²) >= 11 is 3.70. The molecule has 0 aliphatic heterocycles. The fourth-order valence-corrected chi connectivity index (χ4v) is 17.9. The van der Waals surface area contributed by atoms with Crippen molar-refractivity contribution in [2.75, 3.05) is 0 Å². The Hall–Kier alpha value is -7.68. The maximum Gasteiger partial charge on any atom is 0.230 e. The Morgan fingerprint density at radius 2 is 0.908 bits per heavy atom. The summed E-state index contributed by atoms with van der Waals surface area (Å²) in [4.78, 5) is 10.9. The van der Waals surface area contributed by atoms with E-state index in [1.807, 2.05) is 47.2 Å². The summed E-state index contributed by atoms with van der Waals surface area (Å²) in [6, 6.07) is 69.8. The van der Waals surface area contributed by atoms with E-state index in [-0.39, 0.29) is 0 Å². The molecule has 0 spiro atoms. The van der Waals surface area contributed by atoms with Gasteiger partial charge in [0, 0.05) is 75.1 Å². The summed E-state index contributed by atoms with van der Waals surface area (Å²) in [6.07, 6.45) is 3.99. The Kier molecular flexibility index (Phi) is 8.01. The van der Waals surface area contributed by atoms with Crippen LogP contribution in [0.5, 0.6) is 0 Å². The molecule has 6 heterocycles. The second kappa shape index (κ2) is 14.2. The van der Waals surface area contributed by atoms with E-state index in [2.05, 4.69) is 182 Å². The van der Waals surface area contributed by atoms with Gasteiger partial charge in [-0.15, -0.1) is 22.7 Å². The Bertz CT molecular complexity index is 3930. The molecule has 0 bridgehead atoms. The molecule has 8 aromatic carbocycles. The second-order valence-electron chi connectivity index (χ2n) is 16.7. The minimum Gasteiger partial charge on any atom is -0.455 e. The summed E-state index contributed by atoms with van der Waals surface area (Å²) in [5, 5.41) is 13.7. The predicted octanol–water partition coefficient (Wildman–Crippen LogP) is 13.7. The molecule has 6 aromatic heterocycles. The van der Waals surface area contributed by atoms with Crippen LogP contribution in [0.1, 0.15) is 0 Å². The van der Waals surface area contributed by atoms with Crippen molar-refractivity contribution in [3.05, 3.63) is 207 Å². The number of para-hydroxylation sites is 2. The van der Waals surface area contributed by atoms with Gasteiger partial charge in [-0.2, -0.15) is 0 Å². The molecule has 0 saturated heterocycles. The lowest BCUT2D eigenvalue weighted by Crippen LogP contribution is -2.76. The van der Waals surface area contributed by atoms with E-state index in [0.29, 0.717) is 0 Å². The van der Waals surface area contributed by atoms with Crippen molar-refractivity contribution >= 4 is 136 Å². The summed E-state index contributed by atoms with van der Waals surface area (Å²) in [7, 11) is -3.34. The van der Waals surface area contributed by atoms with E-state index in [1.165, 1.54) is 61.8 Å². The Morgan fingerprint density at radius 1 is 0.354 bits per heavy atom. The SMILES string of the molecule is c1ccc([Si](c2ccccc2)(c2nccc3c2oc2ccc(-c4cccc5c4oc4ccccc45)cc23)c2nccc3c2sc2ccc(-c4cccc5c4sc4ccccc45)cc23)cc1. The Balaban J connectivity index is 1.02. The third-order valence-corrected chi connectivity index (χ3v) is 20.5. The normalized spacial score (nSPS) is 12.3. The van der Waals surface area contributed by atoms with E-state index in [1.54, 1.807) is 0 Å². The molecule has 0 saturated carbocycles. The van der Waals surface area contributed by atoms with E-state index >= 15 is 0 Å². The van der Waals surface area contributed by atoms with Gasteiger partial charge >= 0.3 is 0 Å². The predicted molar refractivity (Wildman–Crippen MR) is 277 cm³/mol.